The topological polar surface area (TPSA) is 154 Å². The van der Waals surface area contributed by atoms with Gasteiger partial charge in [0.15, 0.2) is 11.3 Å². The first-order valence-electron chi connectivity index (χ1n) is 10.1. The average molecular weight is 539 g/mol. The summed E-state index contributed by atoms with van der Waals surface area (Å²) in [5.41, 5.74) is 5.16. The van der Waals surface area contributed by atoms with Crippen LogP contribution >= 0.6 is 34.9 Å². The Morgan fingerprint density at radius 2 is 2.34 bits per heavy atom. The lowest BCUT2D eigenvalue weighted by Gasteiger charge is -2.51. The molecule has 0 radical (unpaired) electrons. The Labute approximate surface area is 211 Å². The second kappa shape index (κ2) is 10.6. The van der Waals surface area contributed by atoms with Gasteiger partial charge in [0.2, 0.25) is 5.03 Å². The Kier molecular flexibility index (Phi) is 7.57. The maximum absolute atomic E-state index is 13.9. The van der Waals surface area contributed by atoms with Crippen LogP contribution in [0, 0.1) is 0 Å². The molecule has 3 N–H and O–H groups in total. The fourth-order valence-electron chi connectivity index (χ4n) is 3.44. The van der Waals surface area contributed by atoms with Crippen LogP contribution in [0.1, 0.15) is 12.1 Å². The number of rotatable bonds is 9. The molecule has 0 spiro atoms. The molecule has 0 aromatic carbocycles. The number of carboxylic acid groups (broad SMARTS) is 1. The third-order valence-corrected chi connectivity index (χ3v) is 8.32. The van der Waals surface area contributed by atoms with Crippen molar-refractivity contribution in [2.24, 2.45) is 12.2 Å². The van der Waals surface area contributed by atoms with Crippen LogP contribution in [0.3, 0.4) is 0 Å². The number of nitrogens with one attached hydrogen (secondary N) is 1. The van der Waals surface area contributed by atoms with E-state index in [2.05, 4.69) is 20.3 Å². The van der Waals surface area contributed by atoms with E-state index in [0.29, 0.717) is 22.6 Å². The highest BCUT2D eigenvalue weighted by molar-refractivity contribution is 8.06. The zero-order chi connectivity index (χ0) is 25.1. The van der Waals surface area contributed by atoms with E-state index in [-0.39, 0.29) is 16.5 Å². The van der Waals surface area contributed by atoms with Gasteiger partial charge < -0.3 is 30.7 Å². The zero-order valence-electron chi connectivity index (χ0n) is 18.1. The number of nitrogens with zero attached hydrogens (tertiary/aromatic N) is 4. The van der Waals surface area contributed by atoms with E-state index < -0.39 is 36.2 Å². The number of amides is 2. The molecule has 1 fully saturated rings. The summed E-state index contributed by atoms with van der Waals surface area (Å²) in [6.45, 7) is 0. The second-order valence-electron chi connectivity index (χ2n) is 7.34. The molecule has 2 aromatic rings. The lowest BCUT2D eigenvalue weighted by atomic mass is 9.94. The molecule has 184 valence electrons. The van der Waals surface area contributed by atoms with Crippen molar-refractivity contribution >= 4 is 64.0 Å². The maximum Gasteiger partial charge on any atom is 0.306 e. The number of alkyl halides is 1. The number of thiazole rings is 1. The van der Waals surface area contributed by atoms with Crippen molar-refractivity contribution in [3.63, 3.8) is 0 Å². The molecule has 15 heteroatoms. The standard InChI is InChI=1S/C20H19FN6O5S3/c1-26-5-3-2-4-14(26)34-9-12-16(19(30)31)27-11(8-33-12)15(18(27)29)25-13(28)6-23-32-17(21)10-7-35-20(22)24-10/h2-7,11,15,17H,8-9H2,1H3,(H3-,22,24,25,28,30,31)/b23-6-/t11-,15+,17?/m1/s1. The predicted molar refractivity (Wildman–Crippen MR) is 125 cm³/mol. The molecule has 2 aliphatic heterocycles. The Balaban J connectivity index is 1.36. The highest BCUT2D eigenvalue weighted by Crippen LogP contribution is 2.40. The van der Waals surface area contributed by atoms with Crippen LogP contribution in [-0.2, 0) is 26.3 Å². The van der Waals surface area contributed by atoms with Crippen molar-refractivity contribution < 1.29 is 33.3 Å². The van der Waals surface area contributed by atoms with Gasteiger partial charge in [0.1, 0.15) is 25.0 Å². The van der Waals surface area contributed by atoms with Crippen LogP contribution < -0.4 is 20.7 Å². The van der Waals surface area contributed by atoms with E-state index in [9.17, 15) is 23.9 Å². The van der Waals surface area contributed by atoms with Crippen molar-refractivity contribution in [2.45, 2.75) is 23.5 Å². The van der Waals surface area contributed by atoms with Crippen LogP contribution in [0.4, 0.5) is 9.52 Å². The highest BCUT2D eigenvalue weighted by atomic mass is 32.2. The molecule has 4 heterocycles. The van der Waals surface area contributed by atoms with Crippen LogP contribution in [-0.4, -0.2) is 57.5 Å². The minimum Gasteiger partial charge on any atom is -0.543 e. The van der Waals surface area contributed by atoms with E-state index in [1.165, 1.54) is 28.9 Å². The minimum atomic E-state index is -2.01. The number of nitrogen functional groups attached to an aromatic ring is 1. The number of anilines is 1. The van der Waals surface area contributed by atoms with E-state index in [4.69, 9.17) is 5.73 Å². The molecule has 11 nitrogen and oxygen atoms in total. The number of thioether (sulfide) groups is 2. The number of β-lactam (4-membered cyclic amide) rings is 1. The van der Waals surface area contributed by atoms with E-state index in [0.717, 1.165) is 21.3 Å². The van der Waals surface area contributed by atoms with Gasteiger partial charge in [-0.05, 0) is 6.07 Å². The first-order valence-corrected chi connectivity index (χ1v) is 12.9. The third kappa shape index (κ3) is 5.41. The maximum atomic E-state index is 13.9. The summed E-state index contributed by atoms with van der Waals surface area (Å²) in [4.78, 5) is 46.6. The molecule has 1 unspecified atom stereocenters. The van der Waals surface area contributed by atoms with E-state index >= 15 is 0 Å². The molecule has 1 saturated heterocycles. The number of hydrogen-bond donors (Lipinski definition) is 2. The summed E-state index contributed by atoms with van der Waals surface area (Å²) in [5.74, 6) is -2.10. The molecular weight excluding hydrogens is 519 g/mol. The molecule has 35 heavy (non-hydrogen) atoms. The summed E-state index contributed by atoms with van der Waals surface area (Å²) in [7, 11) is 1.88. The molecule has 3 atom stereocenters. The smallest absolute Gasteiger partial charge is 0.306 e. The summed E-state index contributed by atoms with van der Waals surface area (Å²) < 4.78 is 15.8. The van der Waals surface area contributed by atoms with Crippen LogP contribution in [0.15, 0.2) is 50.6 Å². The Bertz CT molecular complexity index is 1220. The normalized spacial score (nSPS) is 20.4. The molecule has 0 saturated carbocycles. The fraction of sp³-hybridized carbons (Fsp3) is 0.300. The lowest BCUT2D eigenvalue weighted by Crippen LogP contribution is -2.73. The average Bonchev–Trinajstić information content (AvgIpc) is 3.27. The molecular formula is C20H19FN6O5S3. The van der Waals surface area contributed by atoms with Gasteiger partial charge in [-0.15, -0.1) is 23.1 Å². The van der Waals surface area contributed by atoms with E-state index in [1.54, 1.807) is 0 Å². The van der Waals surface area contributed by atoms with Crippen molar-refractivity contribution in [2.75, 3.05) is 17.2 Å². The summed E-state index contributed by atoms with van der Waals surface area (Å²) in [6.07, 6.45) is 0.559. The fourth-order valence-corrected chi connectivity index (χ4v) is 6.39. The SMILES string of the molecule is C[n+]1ccccc1SCC1=C(C(=O)[O-])N2C(=O)[C@@H](NC(=O)/C=N\OC(F)c3csc(N)n3)[C@H]2CS1. The second-order valence-corrected chi connectivity index (χ2v) is 10.3. The quantitative estimate of drug-likeness (QED) is 0.144. The summed E-state index contributed by atoms with van der Waals surface area (Å²) in [5, 5.41) is 20.0. The number of halogens is 1. The van der Waals surface area contributed by atoms with Gasteiger partial charge in [0, 0.05) is 33.9 Å². The molecule has 2 amide bonds. The molecule has 0 bridgehead atoms. The monoisotopic (exact) mass is 538 g/mol. The van der Waals surface area contributed by atoms with Crippen LogP contribution in [0.25, 0.3) is 0 Å². The number of fused-ring (bicyclic) bond motifs is 1. The molecule has 2 aliphatic rings. The van der Waals surface area contributed by atoms with Crippen molar-refractivity contribution in [1.82, 2.24) is 15.2 Å². The first kappa shape index (κ1) is 24.9. The van der Waals surface area contributed by atoms with Gasteiger partial charge in [-0.25, -0.2) is 4.98 Å². The number of aryl methyl sites for hydroxylation is 1. The largest absolute Gasteiger partial charge is 0.543 e. The van der Waals surface area contributed by atoms with Crippen LogP contribution in [0.2, 0.25) is 0 Å². The minimum absolute atomic E-state index is 0.0781. The van der Waals surface area contributed by atoms with E-state index in [1.807, 2.05) is 36.0 Å². The van der Waals surface area contributed by atoms with Crippen molar-refractivity contribution in [1.29, 1.82) is 0 Å². The highest BCUT2D eigenvalue weighted by Gasteiger charge is 2.52. The first-order chi connectivity index (χ1) is 16.8. The molecule has 2 aromatic heterocycles. The molecule has 4 rings (SSSR count). The van der Waals surface area contributed by atoms with Crippen LogP contribution in [0.5, 0.6) is 0 Å². The van der Waals surface area contributed by atoms with Crippen molar-refractivity contribution in [3.8, 4) is 0 Å². The van der Waals surface area contributed by atoms with Gasteiger partial charge in [0.25, 0.3) is 11.8 Å². The zero-order valence-corrected chi connectivity index (χ0v) is 20.6. The number of carboxylic acids is 1. The molecule has 0 aliphatic carbocycles. The number of aromatic nitrogens is 2. The number of carbonyl (C=O) groups excluding carboxylic acids is 3. The number of oxime groups is 1. The van der Waals surface area contributed by atoms with Gasteiger partial charge in [-0.1, -0.05) is 16.9 Å². The Morgan fingerprint density at radius 1 is 1.54 bits per heavy atom. The number of nitrogens with two attached hydrogens (primary N) is 1. The van der Waals surface area contributed by atoms with Gasteiger partial charge in [-0.2, -0.15) is 8.96 Å². The van der Waals surface area contributed by atoms with Gasteiger partial charge in [0.05, 0.1) is 17.7 Å². The summed E-state index contributed by atoms with van der Waals surface area (Å²) in [6, 6.07) is 4.16. The number of pyridine rings is 1. The number of carbonyl (C=O) groups is 3. The van der Waals surface area contributed by atoms with Gasteiger partial charge >= 0.3 is 6.36 Å². The Hall–Kier alpha value is -3.17. The Morgan fingerprint density at radius 3 is 3.03 bits per heavy atom. The number of hydrogen-bond acceptors (Lipinski definition) is 11. The van der Waals surface area contributed by atoms with Crippen molar-refractivity contribution in [3.05, 3.63) is 46.1 Å². The number of aliphatic carboxylic acids is 1. The van der Waals surface area contributed by atoms with Gasteiger partial charge in [-0.3, -0.25) is 9.59 Å². The third-order valence-electron chi connectivity index (χ3n) is 5.10. The lowest BCUT2D eigenvalue weighted by molar-refractivity contribution is -0.708. The summed E-state index contributed by atoms with van der Waals surface area (Å²) >= 11 is 3.77. The predicted octanol–water partition coefficient (Wildman–Crippen LogP) is -0.283.